The van der Waals surface area contributed by atoms with Gasteiger partial charge in [-0.25, -0.2) is 14.2 Å². The maximum absolute atomic E-state index is 13.1. The first-order valence-electron chi connectivity index (χ1n) is 9.14. The quantitative estimate of drug-likeness (QED) is 0.780. The Hall–Kier alpha value is -2.28. The van der Waals surface area contributed by atoms with Crippen molar-refractivity contribution in [3.63, 3.8) is 0 Å². The van der Waals surface area contributed by atoms with Gasteiger partial charge in [0.2, 0.25) is 0 Å². The maximum Gasteiger partial charge on any atom is 0.350 e. The minimum atomic E-state index is -0.565. The minimum Gasteiger partial charge on any atom is -0.451 e. The van der Waals surface area contributed by atoms with Crippen molar-refractivity contribution >= 4 is 23.2 Å². The number of nitrogens with zero attached hydrogens (tertiary/aromatic N) is 1. The van der Waals surface area contributed by atoms with Crippen molar-refractivity contribution in [2.75, 3.05) is 6.61 Å². The molecule has 1 N–H and O–H groups in total. The van der Waals surface area contributed by atoms with Gasteiger partial charge in [-0.1, -0.05) is 19.8 Å². The number of rotatable bonds is 5. The van der Waals surface area contributed by atoms with Crippen molar-refractivity contribution in [3.8, 4) is 10.6 Å². The number of hydrogen-bond acceptors (Lipinski definition) is 5. The Morgan fingerprint density at radius 2 is 1.96 bits per heavy atom. The van der Waals surface area contributed by atoms with Gasteiger partial charge in [0.15, 0.2) is 6.61 Å². The molecule has 0 radical (unpaired) electrons. The molecule has 5 nitrogen and oxygen atoms in total. The highest BCUT2D eigenvalue weighted by Gasteiger charge is 2.24. The normalized spacial score (nSPS) is 19.5. The fourth-order valence-electron chi connectivity index (χ4n) is 3.28. The van der Waals surface area contributed by atoms with E-state index in [-0.39, 0.29) is 24.4 Å². The summed E-state index contributed by atoms with van der Waals surface area (Å²) in [5.41, 5.74) is 1.26. The van der Waals surface area contributed by atoms with E-state index in [1.165, 1.54) is 29.9 Å². The summed E-state index contributed by atoms with van der Waals surface area (Å²) in [6.07, 6.45) is 4.39. The number of ether oxygens (including phenoxy) is 1. The SMILES string of the molecule is Cc1nc(-c2ccc(F)cc2)sc1C(=O)OCC(=O)N[C@@H]1CCCC[C@@H]1C. The first-order chi connectivity index (χ1) is 12.9. The van der Waals surface area contributed by atoms with Crippen molar-refractivity contribution in [2.24, 2.45) is 5.92 Å². The summed E-state index contributed by atoms with van der Waals surface area (Å²) in [6, 6.07) is 6.07. The zero-order valence-corrected chi connectivity index (χ0v) is 16.3. The second kappa shape index (κ2) is 8.61. The standard InChI is InChI=1S/C20H23FN2O3S/c1-12-5-3-4-6-16(12)23-17(24)11-26-20(25)18-13(2)22-19(27-18)14-7-9-15(21)10-8-14/h7-10,12,16H,3-6,11H2,1-2H3,(H,23,24)/t12-,16+/m0/s1. The Labute approximate surface area is 162 Å². The smallest absolute Gasteiger partial charge is 0.350 e. The second-order valence-electron chi connectivity index (χ2n) is 6.95. The third-order valence-electron chi connectivity index (χ3n) is 4.87. The molecule has 1 fully saturated rings. The van der Waals surface area contributed by atoms with Crippen LogP contribution in [-0.4, -0.2) is 29.5 Å². The van der Waals surface area contributed by atoms with Crippen molar-refractivity contribution in [1.82, 2.24) is 10.3 Å². The molecule has 0 aliphatic heterocycles. The first kappa shape index (κ1) is 19.5. The fourth-order valence-corrected chi connectivity index (χ4v) is 4.24. The van der Waals surface area contributed by atoms with Crippen LogP contribution in [0.15, 0.2) is 24.3 Å². The molecule has 0 saturated heterocycles. The lowest BCUT2D eigenvalue weighted by molar-refractivity contribution is -0.125. The lowest BCUT2D eigenvalue weighted by atomic mass is 9.86. The molecule has 1 saturated carbocycles. The highest BCUT2D eigenvalue weighted by atomic mass is 32.1. The van der Waals surface area contributed by atoms with Gasteiger partial charge in [-0.2, -0.15) is 0 Å². The number of benzene rings is 1. The highest BCUT2D eigenvalue weighted by molar-refractivity contribution is 7.17. The van der Waals surface area contributed by atoms with Gasteiger partial charge in [0.25, 0.3) is 5.91 Å². The van der Waals surface area contributed by atoms with Crippen LogP contribution >= 0.6 is 11.3 Å². The number of esters is 1. The molecule has 1 amide bonds. The van der Waals surface area contributed by atoms with Crippen LogP contribution in [0.1, 0.15) is 48.0 Å². The molecule has 1 aliphatic carbocycles. The summed E-state index contributed by atoms with van der Waals surface area (Å²) < 4.78 is 18.2. The molecule has 7 heteroatoms. The number of halogens is 1. The van der Waals surface area contributed by atoms with Crippen molar-refractivity contribution < 1.29 is 18.7 Å². The molecule has 1 aromatic carbocycles. The summed E-state index contributed by atoms with van der Waals surface area (Å²) in [7, 11) is 0. The Morgan fingerprint density at radius 3 is 2.67 bits per heavy atom. The fraction of sp³-hybridized carbons (Fsp3) is 0.450. The average Bonchev–Trinajstić information content (AvgIpc) is 3.04. The third kappa shape index (κ3) is 4.91. The van der Waals surface area contributed by atoms with Gasteiger partial charge in [-0.05, 0) is 49.9 Å². The van der Waals surface area contributed by atoms with Gasteiger partial charge in [0.1, 0.15) is 15.7 Å². The molecule has 1 heterocycles. The van der Waals surface area contributed by atoms with Crippen LogP contribution in [0.2, 0.25) is 0 Å². The lowest BCUT2D eigenvalue weighted by Gasteiger charge is -2.29. The minimum absolute atomic E-state index is 0.153. The molecule has 144 valence electrons. The van der Waals surface area contributed by atoms with Gasteiger partial charge < -0.3 is 10.1 Å². The molecule has 0 bridgehead atoms. The second-order valence-corrected chi connectivity index (χ2v) is 7.95. The van der Waals surface area contributed by atoms with E-state index in [4.69, 9.17) is 4.74 Å². The van der Waals surface area contributed by atoms with E-state index in [0.717, 1.165) is 24.8 Å². The van der Waals surface area contributed by atoms with Gasteiger partial charge in [-0.15, -0.1) is 11.3 Å². The van der Waals surface area contributed by atoms with E-state index >= 15 is 0 Å². The number of aromatic nitrogens is 1. The van der Waals surface area contributed by atoms with E-state index in [2.05, 4.69) is 17.2 Å². The van der Waals surface area contributed by atoms with Gasteiger partial charge in [0.05, 0.1) is 5.69 Å². The molecule has 3 rings (SSSR count). The zero-order valence-electron chi connectivity index (χ0n) is 15.5. The number of amides is 1. The predicted octanol–water partition coefficient (Wildman–Crippen LogP) is 4.11. The van der Waals surface area contributed by atoms with E-state index < -0.39 is 5.97 Å². The number of carbonyl (C=O) groups is 2. The Bertz CT molecular complexity index is 819. The Balaban J connectivity index is 1.58. The summed E-state index contributed by atoms with van der Waals surface area (Å²) in [5.74, 6) is -0.724. The van der Waals surface area contributed by atoms with Crippen LogP contribution in [0.5, 0.6) is 0 Å². The summed E-state index contributed by atoms with van der Waals surface area (Å²) in [6.45, 7) is 3.54. The molecule has 0 spiro atoms. The Kier molecular flexibility index (Phi) is 6.21. The summed E-state index contributed by atoms with van der Waals surface area (Å²) in [4.78, 5) is 29.1. The first-order valence-corrected chi connectivity index (χ1v) is 9.95. The predicted molar refractivity (Wildman–Crippen MR) is 102 cm³/mol. The molecule has 2 atom stereocenters. The topological polar surface area (TPSA) is 68.3 Å². The molecule has 0 unspecified atom stereocenters. The monoisotopic (exact) mass is 390 g/mol. The molecule has 27 heavy (non-hydrogen) atoms. The Morgan fingerprint density at radius 1 is 1.26 bits per heavy atom. The molecule has 1 aliphatic rings. The van der Waals surface area contributed by atoms with Crippen LogP contribution in [0.4, 0.5) is 4.39 Å². The molecular formula is C20H23FN2O3S. The van der Waals surface area contributed by atoms with Gasteiger partial charge in [0, 0.05) is 11.6 Å². The summed E-state index contributed by atoms with van der Waals surface area (Å²) >= 11 is 1.17. The highest BCUT2D eigenvalue weighted by Crippen LogP contribution is 2.28. The van der Waals surface area contributed by atoms with E-state index in [1.54, 1.807) is 19.1 Å². The lowest BCUT2D eigenvalue weighted by Crippen LogP contribution is -2.42. The van der Waals surface area contributed by atoms with E-state index in [9.17, 15) is 14.0 Å². The van der Waals surface area contributed by atoms with E-state index in [0.29, 0.717) is 21.5 Å². The van der Waals surface area contributed by atoms with Crippen LogP contribution in [0.3, 0.4) is 0 Å². The zero-order chi connectivity index (χ0) is 19.4. The van der Waals surface area contributed by atoms with Crippen molar-refractivity contribution in [1.29, 1.82) is 0 Å². The third-order valence-corrected chi connectivity index (χ3v) is 6.05. The van der Waals surface area contributed by atoms with Crippen molar-refractivity contribution in [3.05, 3.63) is 40.7 Å². The van der Waals surface area contributed by atoms with Crippen LogP contribution in [0.25, 0.3) is 10.6 Å². The molecule has 1 aromatic heterocycles. The maximum atomic E-state index is 13.1. The number of nitrogens with one attached hydrogen (secondary N) is 1. The van der Waals surface area contributed by atoms with Crippen molar-refractivity contribution in [2.45, 2.75) is 45.6 Å². The summed E-state index contributed by atoms with van der Waals surface area (Å²) in [5, 5.41) is 3.57. The average molecular weight is 390 g/mol. The van der Waals surface area contributed by atoms with E-state index in [1.807, 2.05) is 0 Å². The van der Waals surface area contributed by atoms with Gasteiger partial charge in [-0.3, -0.25) is 4.79 Å². The molecular weight excluding hydrogens is 367 g/mol. The molecule has 2 aromatic rings. The van der Waals surface area contributed by atoms with Gasteiger partial charge >= 0.3 is 5.97 Å². The van der Waals surface area contributed by atoms with Crippen LogP contribution < -0.4 is 5.32 Å². The number of hydrogen-bond donors (Lipinski definition) is 1. The number of carbonyl (C=O) groups excluding carboxylic acids is 2. The largest absolute Gasteiger partial charge is 0.451 e. The number of aryl methyl sites for hydroxylation is 1. The number of thiazole rings is 1. The van der Waals surface area contributed by atoms with Crippen LogP contribution in [0, 0.1) is 18.7 Å². The van der Waals surface area contributed by atoms with Crippen LogP contribution in [-0.2, 0) is 9.53 Å².